The molecule has 92 valence electrons. The maximum absolute atomic E-state index is 5.51. The summed E-state index contributed by atoms with van der Waals surface area (Å²) >= 11 is 0. The molecule has 1 N–H and O–H groups in total. The van der Waals surface area contributed by atoms with E-state index in [-0.39, 0.29) is 0 Å². The van der Waals surface area contributed by atoms with Gasteiger partial charge in [-0.1, -0.05) is 18.2 Å². The first kappa shape index (κ1) is 10.9. The second-order valence-corrected chi connectivity index (χ2v) is 4.41. The molecular weight excluding hydrogens is 226 g/mol. The Bertz CT molecular complexity index is 681. The Balaban J connectivity index is 1.83. The zero-order valence-electron chi connectivity index (χ0n) is 10.5. The van der Waals surface area contributed by atoms with Crippen LogP contribution in [0.15, 0.2) is 41.1 Å². The van der Waals surface area contributed by atoms with Gasteiger partial charge in [0.2, 0.25) is 0 Å². The molecule has 0 atom stereocenters. The first-order chi connectivity index (χ1) is 8.74. The van der Waals surface area contributed by atoms with Gasteiger partial charge in [-0.15, -0.1) is 0 Å². The number of furan rings is 1. The first-order valence-corrected chi connectivity index (χ1v) is 5.93. The minimum absolute atomic E-state index is 0.740. The van der Waals surface area contributed by atoms with Gasteiger partial charge in [-0.3, -0.25) is 4.68 Å². The molecule has 0 bridgehead atoms. The van der Waals surface area contributed by atoms with Crippen LogP contribution >= 0.6 is 0 Å². The lowest BCUT2D eigenvalue weighted by atomic mass is 10.2. The van der Waals surface area contributed by atoms with Crippen LogP contribution in [-0.4, -0.2) is 9.78 Å². The molecule has 1 aromatic carbocycles. The third-order valence-corrected chi connectivity index (χ3v) is 3.04. The Morgan fingerprint density at radius 3 is 2.94 bits per heavy atom. The lowest BCUT2D eigenvalue weighted by Crippen LogP contribution is -1.98. The fourth-order valence-electron chi connectivity index (χ4n) is 2.13. The molecule has 0 saturated heterocycles. The molecule has 0 aliphatic rings. The van der Waals surface area contributed by atoms with Gasteiger partial charge in [0.15, 0.2) is 0 Å². The molecule has 18 heavy (non-hydrogen) atoms. The molecule has 0 radical (unpaired) electrons. The summed E-state index contributed by atoms with van der Waals surface area (Å²) in [5.41, 5.74) is 4.15. The van der Waals surface area contributed by atoms with Crippen LogP contribution in [-0.2, 0) is 13.6 Å². The van der Waals surface area contributed by atoms with E-state index in [2.05, 4.69) is 16.5 Å². The van der Waals surface area contributed by atoms with Crippen molar-refractivity contribution in [3.8, 4) is 0 Å². The average Bonchev–Trinajstić information content (AvgIpc) is 2.90. The number of para-hydroxylation sites is 1. The van der Waals surface area contributed by atoms with Gasteiger partial charge in [0, 0.05) is 30.7 Å². The van der Waals surface area contributed by atoms with Gasteiger partial charge < -0.3 is 9.73 Å². The largest absolute Gasteiger partial charge is 0.464 e. The summed E-state index contributed by atoms with van der Waals surface area (Å²) < 4.78 is 7.32. The minimum atomic E-state index is 0.740. The fourth-order valence-corrected chi connectivity index (χ4v) is 2.13. The summed E-state index contributed by atoms with van der Waals surface area (Å²) in [5.74, 6) is 0. The van der Waals surface area contributed by atoms with Crippen molar-refractivity contribution < 1.29 is 4.42 Å². The number of anilines is 1. The predicted octanol–water partition coefficient (Wildman–Crippen LogP) is 3.09. The number of benzene rings is 1. The number of hydrogen-bond acceptors (Lipinski definition) is 3. The number of hydrogen-bond donors (Lipinski definition) is 1. The van der Waals surface area contributed by atoms with Crippen LogP contribution in [0.25, 0.3) is 11.0 Å². The number of fused-ring (bicyclic) bond motifs is 1. The molecule has 4 heteroatoms. The van der Waals surface area contributed by atoms with Crippen molar-refractivity contribution in [3.05, 3.63) is 48.0 Å². The number of rotatable bonds is 3. The highest BCUT2D eigenvalue weighted by Crippen LogP contribution is 2.22. The molecule has 0 saturated carbocycles. The molecule has 2 aromatic heterocycles. The van der Waals surface area contributed by atoms with E-state index in [0.29, 0.717) is 0 Å². The van der Waals surface area contributed by atoms with Crippen LogP contribution in [0.3, 0.4) is 0 Å². The SMILES string of the molecule is Cc1nn(C)cc1NCc1coc2ccccc12. The normalized spacial score (nSPS) is 11.0. The van der Waals surface area contributed by atoms with Gasteiger partial charge in [-0.05, 0) is 13.0 Å². The van der Waals surface area contributed by atoms with Crippen LogP contribution < -0.4 is 5.32 Å². The van der Waals surface area contributed by atoms with Crippen molar-refractivity contribution in [1.29, 1.82) is 0 Å². The van der Waals surface area contributed by atoms with Gasteiger partial charge in [0.1, 0.15) is 5.58 Å². The van der Waals surface area contributed by atoms with Crippen LogP contribution in [0, 0.1) is 6.92 Å². The first-order valence-electron chi connectivity index (χ1n) is 5.93. The summed E-state index contributed by atoms with van der Waals surface area (Å²) in [6.45, 7) is 2.74. The zero-order chi connectivity index (χ0) is 12.5. The molecule has 0 aliphatic carbocycles. The topological polar surface area (TPSA) is 43.0 Å². The van der Waals surface area contributed by atoms with E-state index in [1.807, 2.05) is 49.3 Å². The Labute approximate surface area is 105 Å². The van der Waals surface area contributed by atoms with Crippen molar-refractivity contribution in [3.63, 3.8) is 0 Å². The van der Waals surface area contributed by atoms with Gasteiger partial charge >= 0.3 is 0 Å². The Hall–Kier alpha value is -2.23. The predicted molar refractivity (Wildman–Crippen MR) is 71.5 cm³/mol. The summed E-state index contributed by atoms with van der Waals surface area (Å²) in [4.78, 5) is 0. The molecule has 0 aliphatic heterocycles. The molecule has 4 nitrogen and oxygen atoms in total. The maximum Gasteiger partial charge on any atom is 0.134 e. The highest BCUT2D eigenvalue weighted by atomic mass is 16.3. The molecular formula is C14H15N3O. The van der Waals surface area contributed by atoms with Crippen LogP contribution in [0.2, 0.25) is 0 Å². The van der Waals surface area contributed by atoms with E-state index in [1.54, 1.807) is 0 Å². The Morgan fingerprint density at radius 1 is 1.33 bits per heavy atom. The second kappa shape index (κ2) is 4.22. The highest BCUT2D eigenvalue weighted by Gasteiger charge is 2.06. The molecule has 0 fully saturated rings. The monoisotopic (exact) mass is 241 g/mol. The smallest absolute Gasteiger partial charge is 0.134 e. The van der Waals surface area contributed by atoms with E-state index in [0.717, 1.165) is 34.5 Å². The number of aromatic nitrogens is 2. The van der Waals surface area contributed by atoms with Crippen molar-refractivity contribution >= 4 is 16.7 Å². The molecule has 0 spiro atoms. The number of nitrogens with one attached hydrogen (secondary N) is 1. The van der Waals surface area contributed by atoms with E-state index < -0.39 is 0 Å². The third-order valence-electron chi connectivity index (χ3n) is 3.04. The van der Waals surface area contributed by atoms with Crippen LogP contribution in [0.1, 0.15) is 11.3 Å². The molecule has 0 amide bonds. The van der Waals surface area contributed by atoms with E-state index >= 15 is 0 Å². The fraction of sp³-hybridized carbons (Fsp3) is 0.214. The van der Waals surface area contributed by atoms with Crippen LogP contribution in [0.5, 0.6) is 0 Å². The molecule has 3 rings (SSSR count). The van der Waals surface area contributed by atoms with Gasteiger partial charge in [0.25, 0.3) is 0 Å². The summed E-state index contributed by atoms with van der Waals surface area (Å²) in [6.07, 6.45) is 3.79. The Morgan fingerprint density at radius 2 is 2.17 bits per heavy atom. The lowest BCUT2D eigenvalue weighted by Gasteiger charge is -2.02. The van der Waals surface area contributed by atoms with Gasteiger partial charge in [-0.2, -0.15) is 5.10 Å². The van der Waals surface area contributed by atoms with Crippen LogP contribution in [0.4, 0.5) is 5.69 Å². The highest BCUT2D eigenvalue weighted by molar-refractivity contribution is 5.81. The summed E-state index contributed by atoms with van der Waals surface area (Å²) in [5, 5.41) is 8.85. The van der Waals surface area contributed by atoms with Crippen molar-refractivity contribution in [2.24, 2.45) is 7.05 Å². The van der Waals surface area contributed by atoms with E-state index in [4.69, 9.17) is 4.42 Å². The Kier molecular flexibility index (Phi) is 2.55. The van der Waals surface area contributed by atoms with Gasteiger partial charge in [-0.25, -0.2) is 0 Å². The summed E-state index contributed by atoms with van der Waals surface area (Å²) in [7, 11) is 1.92. The van der Waals surface area contributed by atoms with Crippen molar-refractivity contribution in [2.75, 3.05) is 5.32 Å². The van der Waals surface area contributed by atoms with Crippen molar-refractivity contribution in [2.45, 2.75) is 13.5 Å². The molecule has 0 unspecified atom stereocenters. The van der Waals surface area contributed by atoms with Crippen molar-refractivity contribution in [1.82, 2.24) is 9.78 Å². The minimum Gasteiger partial charge on any atom is -0.464 e. The number of nitrogens with zero attached hydrogens (tertiary/aromatic N) is 2. The summed E-state index contributed by atoms with van der Waals surface area (Å²) in [6, 6.07) is 8.06. The molecule has 3 aromatic rings. The molecule has 2 heterocycles. The van der Waals surface area contributed by atoms with Gasteiger partial charge in [0.05, 0.1) is 17.6 Å². The van der Waals surface area contributed by atoms with E-state index in [9.17, 15) is 0 Å². The second-order valence-electron chi connectivity index (χ2n) is 4.41. The quantitative estimate of drug-likeness (QED) is 0.766. The third kappa shape index (κ3) is 1.86. The number of aryl methyl sites for hydroxylation is 2. The van der Waals surface area contributed by atoms with E-state index in [1.165, 1.54) is 0 Å². The average molecular weight is 241 g/mol. The zero-order valence-corrected chi connectivity index (χ0v) is 10.5. The lowest BCUT2D eigenvalue weighted by molar-refractivity contribution is 0.611. The maximum atomic E-state index is 5.51. The standard InChI is InChI=1S/C14H15N3O/c1-10-13(8-17(2)16-10)15-7-11-9-18-14-6-4-3-5-12(11)14/h3-6,8-9,15H,7H2,1-2H3.